The largest absolute Gasteiger partial charge is 0.622 e. The van der Waals surface area contributed by atoms with Gasteiger partial charge < -0.3 is 9.94 Å². The monoisotopic (exact) mass is 215 g/mol. The summed E-state index contributed by atoms with van der Waals surface area (Å²) < 4.78 is 3.84. The van der Waals surface area contributed by atoms with Crippen LogP contribution in [0.4, 0.5) is 4.79 Å². The molecule has 1 amide bonds. The SMILES string of the molecule is CC(C)(C)OC(=O)[N+]1([O-])CCCC(=O)C1. The smallest absolute Gasteiger partial charge is 0.517 e. The standard InChI is InChI=1S/C10H17NO4/c1-10(2,3)15-9(13)11(14)6-4-5-8(12)7-11/h4-7H2,1-3H3. The molecule has 15 heavy (non-hydrogen) atoms. The Bertz CT molecular complexity index is 282. The van der Waals surface area contributed by atoms with E-state index >= 15 is 0 Å². The minimum absolute atomic E-state index is 0.140. The number of piperidine rings is 1. The normalized spacial score (nSPS) is 27.6. The van der Waals surface area contributed by atoms with E-state index in [0.29, 0.717) is 12.8 Å². The van der Waals surface area contributed by atoms with E-state index in [0.717, 1.165) is 0 Å². The Morgan fingerprint density at radius 1 is 1.47 bits per heavy atom. The number of ether oxygens (including phenoxy) is 1. The molecule has 1 unspecified atom stereocenters. The number of carbonyl (C=O) groups is 2. The number of hydroxylamine groups is 3. The van der Waals surface area contributed by atoms with Gasteiger partial charge in [-0.2, -0.15) is 4.79 Å². The van der Waals surface area contributed by atoms with Gasteiger partial charge in [-0.15, -0.1) is 0 Å². The van der Waals surface area contributed by atoms with Crippen molar-refractivity contribution in [2.24, 2.45) is 0 Å². The Labute approximate surface area is 89.2 Å². The number of carbonyl (C=O) groups excluding carboxylic acids is 2. The lowest BCUT2D eigenvalue weighted by Gasteiger charge is -2.41. The topological polar surface area (TPSA) is 66.4 Å². The molecule has 0 radical (unpaired) electrons. The van der Waals surface area contributed by atoms with Gasteiger partial charge in [-0.1, -0.05) is 0 Å². The molecule has 5 heteroatoms. The van der Waals surface area contributed by atoms with Crippen molar-refractivity contribution in [2.45, 2.75) is 39.2 Å². The van der Waals surface area contributed by atoms with E-state index in [1.165, 1.54) is 0 Å². The van der Waals surface area contributed by atoms with Crippen LogP contribution in [0.1, 0.15) is 33.6 Å². The number of Topliss-reactive ketones (excluding diaryl/α,β-unsaturated/α-hetero) is 1. The fourth-order valence-corrected chi connectivity index (χ4v) is 1.48. The predicted octanol–water partition coefficient (Wildman–Crippen LogP) is 1.60. The number of hydrogen-bond donors (Lipinski definition) is 0. The maximum Gasteiger partial charge on any atom is 0.517 e. The van der Waals surface area contributed by atoms with Gasteiger partial charge in [0.25, 0.3) is 0 Å². The van der Waals surface area contributed by atoms with Crippen LogP contribution in [-0.4, -0.2) is 35.2 Å². The number of rotatable bonds is 0. The van der Waals surface area contributed by atoms with Gasteiger partial charge in [-0.05, 0) is 20.8 Å². The number of quaternary nitrogens is 1. The summed E-state index contributed by atoms with van der Waals surface area (Å²) in [5.74, 6) is -0.165. The summed E-state index contributed by atoms with van der Waals surface area (Å²) in [5.41, 5.74) is -0.687. The fourth-order valence-electron chi connectivity index (χ4n) is 1.48. The minimum Gasteiger partial charge on any atom is -0.622 e. The van der Waals surface area contributed by atoms with Gasteiger partial charge in [0.2, 0.25) is 0 Å². The van der Waals surface area contributed by atoms with Crippen molar-refractivity contribution in [2.75, 3.05) is 13.1 Å². The summed E-state index contributed by atoms with van der Waals surface area (Å²) in [4.78, 5) is 22.7. The highest BCUT2D eigenvalue weighted by molar-refractivity contribution is 5.82. The number of amides is 1. The number of likely N-dealkylation sites (tertiary alicyclic amines) is 1. The summed E-state index contributed by atoms with van der Waals surface area (Å²) in [6.45, 7) is 4.95. The molecule has 0 aliphatic carbocycles. The van der Waals surface area contributed by atoms with Crippen LogP contribution in [0, 0.1) is 5.21 Å². The van der Waals surface area contributed by atoms with Gasteiger partial charge in [0, 0.05) is 12.8 Å². The lowest BCUT2D eigenvalue weighted by molar-refractivity contribution is -0.803. The van der Waals surface area contributed by atoms with Gasteiger partial charge in [-0.25, -0.2) is 0 Å². The molecular formula is C10H17NO4. The molecule has 1 rings (SSSR count). The second-order valence-electron chi connectivity index (χ2n) is 4.89. The molecule has 0 spiro atoms. The van der Waals surface area contributed by atoms with Crippen LogP contribution < -0.4 is 0 Å². The van der Waals surface area contributed by atoms with E-state index < -0.39 is 16.3 Å². The maximum absolute atomic E-state index is 12.0. The first-order valence-corrected chi connectivity index (χ1v) is 5.06. The molecule has 0 aromatic carbocycles. The first-order valence-electron chi connectivity index (χ1n) is 5.06. The quantitative estimate of drug-likeness (QED) is 0.454. The van der Waals surface area contributed by atoms with E-state index in [2.05, 4.69) is 0 Å². The summed E-state index contributed by atoms with van der Waals surface area (Å²) in [5, 5.41) is 12.0. The number of hydrogen-bond acceptors (Lipinski definition) is 4. The second kappa shape index (κ2) is 3.90. The van der Waals surface area contributed by atoms with Crippen molar-refractivity contribution in [1.29, 1.82) is 0 Å². The Kier molecular flexibility index (Phi) is 3.16. The molecule has 1 aliphatic rings. The van der Waals surface area contributed by atoms with Gasteiger partial charge in [0.15, 0.2) is 5.78 Å². The first-order chi connectivity index (χ1) is 6.73. The summed E-state index contributed by atoms with van der Waals surface area (Å²) in [6, 6.07) is 0. The molecule has 1 aliphatic heterocycles. The zero-order chi connectivity index (χ0) is 11.7. The molecule has 0 saturated carbocycles. The molecule has 0 aromatic heterocycles. The average molecular weight is 215 g/mol. The van der Waals surface area contributed by atoms with E-state index in [1.807, 2.05) is 0 Å². The third-order valence-corrected chi connectivity index (χ3v) is 2.13. The Morgan fingerprint density at radius 2 is 2.07 bits per heavy atom. The summed E-state index contributed by atoms with van der Waals surface area (Å²) >= 11 is 0. The molecule has 86 valence electrons. The highest BCUT2D eigenvalue weighted by atomic mass is 16.7. The highest BCUT2D eigenvalue weighted by Gasteiger charge is 2.37. The highest BCUT2D eigenvalue weighted by Crippen LogP contribution is 2.20. The van der Waals surface area contributed by atoms with Crippen molar-refractivity contribution in [3.05, 3.63) is 5.21 Å². The van der Waals surface area contributed by atoms with Crippen molar-refractivity contribution in [3.8, 4) is 0 Å². The first kappa shape index (κ1) is 12.1. The predicted molar refractivity (Wildman–Crippen MR) is 53.8 cm³/mol. The lowest BCUT2D eigenvalue weighted by Crippen LogP contribution is -2.55. The Morgan fingerprint density at radius 3 is 2.53 bits per heavy atom. The van der Waals surface area contributed by atoms with E-state index in [4.69, 9.17) is 4.74 Å². The zero-order valence-electron chi connectivity index (χ0n) is 9.41. The van der Waals surface area contributed by atoms with Crippen LogP contribution in [0.2, 0.25) is 0 Å². The lowest BCUT2D eigenvalue weighted by atomic mass is 10.1. The molecule has 0 bridgehead atoms. The Hall–Kier alpha value is -0.940. The van der Waals surface area contributed by atoms with E-state index in [9.17, 15) is 14.8 Å². The molecule has 1 atom stereocenters. The van der Waals surface area contributed by atoms with Crippen LogP contribution in [0.5, 0.6) is 0 Å². The van der Waals surface area contributed by atoms with Gasteiger partial charge in [0.1, 0.15) is 12.1 Å². The third-order valence-electron chi connectivity index (χ3n) is 2.13. The van der Waals surface area contributed by atoms with Gasteiger partial charge in [-0.3, -0.25) is 9.44 Å². The van der Waals surface area contributed by atoms with Crippen LogP contribution >= 0.6 is 0 Å². The molecule has 1 heterocycles. The third kappa shape index (κ3) is 3.28. The fraction of sp³-hybridized carbons (Fsp3) is 0.800. The van der Waals surface area contributed by atoms with Gasteiger partial charge >= 0.3 is 6.09 Å². The average Bonchev–Trinajstić information content (AvgIpc) is 2.00. The van der Waals surface area contributed by atoms with E-state index in [1.54, 1.807) is 20.8 Å². The van der Waals surface area contributed by atoms with Crippen molar-refractivity contribution >= 4 is 11.9 Å². The molecular weight excluding hydrogens is 198 g/mol. The summed E-state index contributed by atoms with van der Waals surface area (Å²) in [6.07, 6.45) is 0.00244. The Balaban J connectivity index is 2.68. The van der Waals surface area contributed by atoms with E-state index in [-0.39, 0.29) is 18.9 Å². The van der Waals surface area contributed by atoms with Crippen molar-refractivity contribution in [3.63, 3.8) is 0 Å². The molecule has 0 aromatic rings. The minimum atomic E-state index is -1.16. The van der Waals surface area contributed by atoms with Crippen LogP contribution in [0.3, 0.4) is 0 Å². The summed E-state index contributed by atoms with van der Waals surface area (Å²) in [7, 11) is 0. The van der Waals surface area contributed by atoms with Gasteiger partial charge in [0.05, 0.1) is 6.54 Å². The van der Waals surface area contributed by atoms with Crippen molar-refractivity contribution < 1.29 is 19.0 Å². The maximum atomic E-state index is 12.0. The molecule has 0 N–H and O–H groups in total. The zero-order valence-corrected chi connectivity index (χ0v) is 9.41. The number of nitrogens with zero attached hydrogens (tertiary/aromatic N) is 1. The van der Waals surface area contributed by atoms with Crippen LogP contribution in [0.25, 0.3) is 0 Å². The van der Waals surface area contributed by atoms with Crippen LogP contribution in [-0.2, 0) is 9.53 Å². The molecule has 1 saturated heterocycles. The number of ketones is 1. The second-order valence-corrected chi connectivity index (χ2v) is 4.89. The molecule has 1 fully saturated rings. The van der Waals surface area contributed by atoms with Crippen molar-refractivity contribution in [1.82, 2.24) is 0 Å². The molecule has 5 nitrogen and oxygen atoms in total. The van der Waals surface area contributed by atoms with Crippen LogP contribution in [0.15, 0.2) is 0 Å².